The molecule has 15 nitrogen and oxygen atoms in total. The minimum atomic E-state index is -3.80. The number of para-hydroxylation sites is 1. The fourth-order valence-electron chi connectivity index (χ4n) is 6.17. The zero-order valence-electron chi connectivity index (χ0n) is 29.6. The maximum atomic E-state index is 13.0. The van der Waals surface area contributed by atoms with E-state index < -0.39 is 27.9 Å². The molecule has 3 aromatic carbocycles. The van der Waals surface area contributed by atoms with Crippen LogP contribution in [0.4, 0.5) is 11.5 Å². The lowest BCUT2D eigenvalue weighted by Gasteiger charge is -2.29. The summed E-state index contributed by atoms with van der Waals surface area (Å²) >= 11 is 0. The predicted molar refractivity (Wildman–Crippen MR) is 202 cm³/mol. The van der Waals surface area contributed by atoms with E-state index in [0.29, 0.717) is 52.9 Å². The van der Waals surface area contributed by atoms with Crippen molar-refractivity contribution >= 4 is 51.1 Å². The van der Waals surface area contributed by atoms with Crippen LogP contribution in [0.5, 0.6) is 0 Å². The first-order valence-electron chi connectivity index (χ1n) is 17.6. The number of aromatic nitrogens is 2. The number of nitrogens with one attached hydrogen (secondary N) is 4. The van der Waals surface area contributed by atoms with E-state index in [1.165, 1.54) is 23.2 Å². The average Bonchev–Trinajstić information content (AvgIpc) is 3.51. The fraction of sp³-hybridized carbons (Fsp3) is 0.256. The number of amides is 5. The Hall–Kier alpha value is -6.44. The summed E-state index contributed by atoms with van der Waals surface area (Å²) in [7, 11) is -3.80. The Morgan fingerprint density at radius 3 is 2.51 bits per heavy atom. The van der Waals surface area contributed by atoms with Crippen LogP contribution in [0, 0.1) is 11.8 Å². The molecule has 0 spiro atoms. The van der Waals surface area contributed by atoms with Crippen LogP contribution in [0.15, 0.2) is 83.9 Å². The summed E-state index contributed by atoms with van der Waals surface area (Å²) in [5, 5.41) is 7.76. The molecular weight excluding hydrogens is 725 g/mol. The molecule has 5 amide bonds. The number of nitrogen functional groups attached to an aromatic ring is 1. The zero-order valence-corrected chi connectivity index (χ0v) is 30.4. The molecule has 0 aliphatic carbocycles. The minimum absolute atomic E-state index is 0.0404. The van der Waals surface area contributed by atoms with Gasteiger partial charge in [0.15, 0.2) is 11.5 Å². The summed E-state index contributed by atoms with van der Waals surface area (Å²) in [5.74, 6) is 4.06. The first kappa shape index (κ1) is 38.3. The third-order valence-corrected chi connectivity index (χ3v) is 10.5. The van der Waals surface area contributed by atoms with Gasteiger partial charge in [-0.1, -0.05) is 54.7 Å². The number of hydrogen-bond acceptors (Lipinski definition) is 10. The number of anilines is 2. The van der Waals surface area contributed by atoms with Gasteiger partial charge in [-0.25, -0.2) is 23.1 Å². The lowest BCUT2D eigenvalue weighted by Crippen LogP contribution is -2.52. The molecular formula is C39H38N8O7S. The van der Waals surface area contributed by atoms with Crippen LogP contribution >= 0.6 is 0 Å². The molecule has 1 saturated heterocycles. The molecule has 16 heteroatoms. The Balaban J connectivity index is 0.910. The summed E-state index contributed by atoms with van der Waals surface area (Å²) in [5.41, 5.74) is 9.11. The van der Waals surface area contributed by atoms with E-state index in [-0.39, 0.29) is 73.0 Å². The van der Waals surface area contributed by atoms with Crippen LogP contribution < -0.4 is 26.4 Å². The van der Waals surface area contributed by atoms with Crippen molar-refractivity contribution in [2.24, 2.45) is 0 Å². The molecule has 0 radical (unpaired) electrons. The number of nitrogens with two attached hydrogens (primary N) is 1. The Bertz CT molecular complexity index is 2310. The van der Waals surface area contributed by atoms with Gasteiger partial charge in [0.05, 0.1) is 23.3 Å². The molecule has 282 valence electrons. The monoisotopic (exact) mass is 762 g/mol. The maximum absolute atomic E-state index is 13.0. The number of imide groups is 1. The Morgan fingerprint density at radius 1 is 0.964 bits per heavy atom. The zero-order chi connectivity index (χ0) is 39.0. The van der Waals surface area contributed by atoms with Crippen molar-refractivity contribution in [2.75, 3.05) is 24.1 Å². The molecule has 1 fully saturated rings. The topological polar surface area (TPSA) is 223 Å². The molecule has 1 atom stereocenters. The van der Waals surface area contributed by atoms with Gasteiger partial charge in [0.2, 0.25) is 27.7 Å². The average molecular weight is 763 g/mol. The highest BCUT2D eigenvalue weighted by Crippen LogP contribution is 2.29. The maximum Gasteiger partial charge on any atom is 0.278 e. The fourth-order valence-corrected chi connectivity index (χ4v) is 7.25. The predicted octanol–water partition coefficient (Wildman–Crippen LogP) is 2.75. The highest BCUT2D eigenvalue weighted by molar-refractivity contribution is 7.89. The molecule has 0 saturated carbocycles. The van der Waals surface area contributed by atoms with Crippen LogP contribution in [-0.4, -0.2) is 72.0 Å². The lowest BCUT2D eigenvalue weighted by atomic mass is 10.0. The summed E-state index contributed by atoms with van der Waals surface area (Å²) < 4.78 is 28.4. The SMILES string of the molecule is Nc1ncc(-c2ccc(S(=O)(=O)NCCCCCC(=O)NCC#Cc3cccc4c3CN(C3CCC(=O)NC3=O)C4=O)cc2)nc1C(=O)Nc1ccccc1. The number of sulfonamides is 1. The van der Waals surface area contributed by atoms with Gasteiger partial charge in [0, 0.05) is 48.3 Å². The number of benzene rings is 3. The van der Waals surface area contributed by atoms with Crippen LogP contribution in [-0.2, 0) is 31.0 Å². The molecule has 2 aliphatic rings. The van der Waals surface area contributed by atoms with Crippen molar-refractivity contribution in [3.8, 4) is 23.1 Å². The van der Waals surface area contributed by atoms with Crippen LogP contribution in [0.2, 0.25) is 0 Å². The summed E-state index contributed by atoms with van der Waals surface area (Å²) in [6, 6.07) is 19.3. The number of carbonyl (C=O) groups is 5. The van der Waals surface area contributed by atoms with Crippen molar-refractivity contribution in [1.29, 1.82) is 0 Å². The Morgan fingerprint density at radius 2 is 1.75 bits per heavy atom. The van der Waals surface area contributed by atoms with Gasteiger partial charge in [0.1, 0.15) is 6.04 Å². The molecule has 2 aliphatic heterocycles. The van der Waals surface area contributed by atoms with E-state index >= 15 is 0 Å². The number of carbonyl (C=O) groups excluding carboxylic acids is 5. The van der Waals surface area contributed by atoms with Crippen molar-refractivity contribution in [1.82, 2.24) is 30.2 Å². The van der Waals surface area contributed by atoms with Crippen molar-refractivity contribution in [3.63, 3.8) is 0 Å². The van der Waals surface area contributed by atoms with Gasteiger partial charge in [0.25, 0.3) is 11.8 Å². The molecule has 4 aromatic rings. The number of unbranched alkanes of at least 4 members (excludes halogenated alkanes) is 2. The number of fused-ring (bicyclic) bond motifs is 1. The second-order valence-corrected chi connectivity index (χ2v) is 14.6. The van der Waals surface area contributed by atoms with E-state index in [1.54, 1.807) is 54.6 Å². The summed E-state index contributed by atoms with van der Waals surface area (Å²) in [4.78, 5) is 72.0. The molecule has 1 unspecified atom stereocenters. The van der Waals surface area contributed by atoms with Crippen LogP contribution in [0.25, 0.3) is 11.3 Å². The van der Waals surface area contributed by atoms with Gasteiger partial charge < -0.3 is 21.3 Å². The van der Waals surface area contributed by atoms with Crippen molar-refractivity contribution in [2.45, 2.75) is 56.0 Å². The molecule has 1 aromatic heterocycles. The molecule has 6 rings (SSSR count). The highest BCUT2D eigenvalue weighted by Gasteiger charge is 2.39. The first-order valence-corrected chi connectivity index (χ1v) is 19.1. The third-order valence-electron chi connectivity index (χ3n) is 9.06. The number of hydrogen-bond donors (Lipinski definition) is 5. The lowest BCUT2D eigenvalue weighted by molar-refractivity contribution is -0.137. The second kappa shape index (κ2) is 17.1. The molecule has 55 heavy (non-hydrogen) atoms. The second-order valence-electron chi connectivity index (χ2n) is 12.9. The summed E-state index contributed by atoms with van der Waals surface area (Å²) in [6.07, 6.45) is 3.78. The van der Waals surface area contributed by atoms with Crippen LogP contribution in [0.1, 0.15) is 70.5 Å². The van der Waals surface area contributed by atoms with Crippen LogP contribution in [0.3, 0.4) is 0 Å². The van der Waals surface area contributed by atoms with Gasteiger partial charge in [-0.3, -0.25) is 29.3 Å². The number of piperidine rings is 1. The molecule has 0 bridgehead atoms. The highest BCUT2D eigenvalue weighted by atomic mass is 32.2. The quantitative estimate of drug-likeness (QED) is 0.0761. The van der Waals surface area contributed by atoms with E-state index in [1.807, 2.05) is 6.07 Å². The van der Waals surface area contributed by atoms with E-state index in [9.17, 15) is 32.4 Å². The Kier molecular flexibility index (Phi) is 11.9. The van der Waals surface area contributed by atoms with Gasteiger partial charge in [-0.05, 0) is 61.2 Å². The van der Waals surface area contributed by atoms with Crippen molar-refractivity contribution in [3.05, 3.63) is 101 Å². The van der Waals surface area contributed by atoms with E-state index in [2.05, 4.69) is 42.5 Å². The van der Waals surface area contributed by atoms with Crippen molar-refractivity contribution < 1.29 is 32.4 Å². The van der Waals surface area contributed by atoms with Gasteiger partial charge >= 0.3 is 0 Å². The minimum Gasteiger partial charge on any atom is -0.382 e. The van der Waals surface area contributed by atoms with Gasteiger partial charge in [-0.15, -0.1) is 0 Å². The van der Waals surface area contributed by atoms with Gasteiger partial charge in [-0.2, -0.15) is 0 Å². The standard InChI is InChI=1S/C39H38N8O7S/c40-36-35(38(51)44-27-11-3-1-4-12-27)45-31(23-42-36)26-15-17-28(18-16-26)55(53,54)43-22-6-2-5-14-33(48)41-21-8-10-25-9-7-13-29-30(25)24-47(39(29)52)32-19-20-34(49)46-37(32)50/h1,3-4,7,9,11-13,15-18,23,32,43H,2,5-6,14,19-22,24H2,(H2,40,42)(H,41,48)(H,44,51)(H,46,49,50). The van der Waals surface area contributed by atoms with E-state index in [4.69, 9.17) is 5.73 Å². The smallest absolute Gasteiger partial charge is 0.278 e. The summed E-state index contributed by atoms with van der Waals surface area (Å²) in [6.45, 7) is 0.492. The third kappa shape index (κ3) is 9.39. The first-order chi connectivity index (χ1) is 26.5. The molecule has 3 heterocycles. The normalized spacial score (nSPS) is 15.1. The van der Waals surface area contributed by atoms with E-state index in [0.717, 1.165) is 0 Å². The number of rotatable bonds is 13. The largest absolute Gasteiger partial charge is 0.382 e. The Labute approximate surface area is 317 Å². The number of nitrogens with zero attached hydrogens (tertiary/aromatic N) is 3. The molecule has 6 N–H and O–H groups in total.